The zero-order valence-electron chi connectivity index (χ0n) is 19.6. The van der Waals surface area contributed by atoms with E-state index in [0.29, 0.717) is 30.5 Å². The summed E-state index contributed by atoms with van der Waals surface area (Å²) in [6.45, 7) is 4.85. The van der Waals surface area contributed by atoms with Crippen LogP contribution in [0.2, 0.25) is 5.02 Å². The molecule has 2 aromatic carbocycles. The zero-order chi connectivity index (χ0) is 24.3. The first-order valence-corrected chi connectivity index (χ1v) is 12.5. The van der Waals surface area contributed by atoms with Gasteiger partial charge in [0.05, 0.1) is 10.6 Å². The first-order chi connectivity index (χ1) is 16.3. The molecule has 0 spiro atoms. The van der Waals surface area contributed by atoms with Crippen molar-refractivity contribution in [2.75, 3.05) is 31.1 Å². The Morgan fingerprint density at radius 1 is 0.971 bits per heavy atom. The minimum atomic E-state index is -1.49. The molecule has 1 atom stereocenters. The van der Waals surface area contributed by atoms with E-state index < -0.39 is 11.6 Å². The molecule has 6 nitrogen and oxygen atoms in total. The van der Waals surface area contributed by atoms with Crippen molar-refractivity contribution in [2.45, 2.75) is 44.6 Å². The molecule has 2 N–H and O–H groups in total. The average molecular weight is 485 g/mol. The standard InChI is InChI=1S/C27H33ClN2O4/c1-27(34,21-5-3-2-4-6-21)26(33)30-15-11-20(12-16-30)17-19-9-13-29(14-10-19)22-7-8-23(25(31)32)24(28)18-22/h2-8,18-20,34H,9-17H2,1H3,(H,31,32)/t27-/m1/s1. The lowest BCUT2D eigenvalue weighted by atomic mass is 9.82. The van der Waals surface area contributed by atoms with E-state index in [2.05, 4.69) is 4.90 Å². The van der Waals surface area contributed by atoms with Gasteiger partial charge in [-0.2, -0.15) is 0 Å². The van der Waals surface area contributed by atoms with Gasteiger partial charge in [-0.1, -0.05) is 41.9 Å². The minimum Gasteiger partial charge on any atom is -0.478 e. The van der Waals surface area contributed by atoms with Crippen LogP contribution in [0.5, 0.6) is 0 Å². The van der Waals surface area contributed by atoms with Crippen molar-refractivity contribution in [3.05, 3.63) is 64.7 Å². The highest BCUT2D eigenvalue weighted by molar-refractivity contribution is 6.33. The van der Waals surface area contributed by atoms with Gasteiger partial charge in [0.2, 0.25) is 0 Å². The summed E-state index contributed by atoms with van der Waals surface area (Å²) in [6, 6.07) is 14.3. The number of likely N-dealkylation sites (tertiary alicyclic amines) is 1. The number of carbonyl (C=O) groups is 2. The fourth-order valence-corrected chi connectivity index (χ4v) is 5.59. The maximum atomic E-state index is 13.0. The summed E-state index contributed by atoms with van der Waals surface area (Å²) in [4.78, 5) is 28.3. The third-order valence-electron chi connectivity index (χ3n) is 7.48. The molecule has 2 fully saturated rings. The van der Waals surface area contributed by atoms with Crippen LogP contribution in [-0.2, 0) is 10.4 Å². The molecule has 0 aliphatic carbocycles. The van der Waals surface area contributed by atoms with Crippen molar-refractivity contribution in [3.8, 4) is 0 Å². The van der Waals surface area contributed by atoms with Gasteiger partial charge in [0.15, 0.2) is 5.60 Å². The highest BCUT2D eigenvalue weighted by atomic mass is 35.5. The second-order valence-corrected chi connectivity index (χ2v) is 10.2. The second kappa shape index (κ2) is 10.4. The van der Waals surface area contributed by atoms with Gasteiger partial charge in [-0.15, -0.1) is 0 Å². The quantitative estimate of drug-likeness (QED) is 0.616. The van der Waals surface area contributed by atoms with Gasteiger partial charge in [-0.05, 0) is 74.6 Å². The van der Waals surface area contributed by atoms with Crippen molar-refractivity contribution < 1.29 is 19.8 Å². The van der Waals surface area contributed by atoms with Crippen molar-refractivity contribution in [1.82, 2.24) is 4.90 Å². The van der Waals surface area contributed by atoms with Crippen molar-refractivity contribution in [3.63, 3.8) is 0 Å². The van der Waals surface area contributed by atoms with E-state index in [1.165, 1.54) is 6.42 Å². The molecule has 0 aromatic heterocycles. The summed E-state index contributed by atoms with van der Waals surface area (Å²) >= 11 is 6.15. The summed E-state index contributed by atoms with van der Waals surface area (Å²) in [5, 5.41) is 20.3. The molecule has 0 bridgehead atoms. The highest BCUT2D eigenvalue weighted by Gasteiger charge is 2.37. The topological polar surface area (TPSA) is 81.1 Å². The number of hydrogen-bond acceptors (Lipinski definition) is 4. The van der Waals surface area contributed by atoms with E-state index in [-0.39, 0.29) is 16.5 Å². The van der Waals surface area contributed by atoms with Crippen LogP contribution in [0.1, 0.15) is 54.9 Å². The number of carboxylic acids is 1. The molecule has 0 saturated carbocycles. The molecule has 4 rings (SSSR count). The lowest BCUT2D eigenvalue weighted by molar-refractivity contribution is -0.152. The minimum absolute atomic E-state index is 0.135. The molecular formula is C27H33ClN2O4. The Kier molecular flexibility index (Phi) is 7.48. The normalized spacial score (nSPS) is 19.6. The maximum absolute atomic E-state index is 13.0. The van der Waals surface area contributed by atoms with Gasteiger partial charge in [0.25, 0.3) is 5.91 Å². The van der Waals surface area contributed by atoms with Crippen LogP contribution in [-0.4, -0.2) is 53.2 Å². The van der Waals surface area contributed by atoms with E-state index in [0.717, 1.165) is 44.5 Å². The lowest BCUT2D eigenvalue weighted by Gasteiger charge is -2.39. The molecule has 2 heterocycles. The summed E-state index contributed by atoms with van der Waals surface area (Å²) in [5.41, 5.74) is 0.251. The Hall–Kier alpha value is -2.57. The molecule has 7 heteroatoms. The van der Waals surface area contributed by atoms with Crippen LogP contribution in [0, 0.1) is 11.8 Å². The molecular weight excluding hydrogens is 452 g/mol. The highest BCUT2D eigenvalue weighted by Crippen LogP contribution is 2.34. The summed E-state index contributed by atoms with van der Waals surface area (Å²) in [6.07, 6.45) is 5.32. The number of halogens is 1. The molecule has 2 saturated heterocycles. The van der Waals surface area contributed by atoms with E-state index in [9.17, 15) is 14.7 Å². The molecule has 2 aromatic rings. The molecule has 1 amide bonds. The Morgan fingerprint density at radius 2 is 1.56 bits per heavy atom. The second-order valence-electron chi connectivity index (χ2n) is 9.81. The third-order valence-corrected chi connectivity index (χ3v) is 7.80. The predicted octanol–water partition coefficient (Wildman–Crippen LogP) is 4.79. The molecule has 34 heavy (non-hydrogen) atoms. The SMILES string of the molecule is C[C@](O)(C(=O)N1CCC(CC2CCN(c3ccc(C(=O)O)c(Cl)c3)CC2)CC1)c1ccccc1. The van der Waals surface area contributed by atoms with Crippen LogP contribution < -0.4 is 4.90 Å². The van der Waals surface area contributed by atoms with Crippen LogP contribution in [0.4, 0.5) is 5.69 Å². The van der Waals surface area contributed by atoms with E-state index in [1.54, 1.807) is 31.2 Å². The van der Waals surface area contributed by atoms with Crippen molar-refractivity contribution in [2.24, 2.45) is 11.8 Å². The van der Waals surface area contributed by atoms with Gasteiger partial charge in [-0.25, -0.2) is 4.79 Å². The largest absolute Gasteiger partial charge is 0.478 e. The number of rotatable bonds is 6. The monoisotopic (exact) mass is 484 g/mol. The van der Waals surface area contributed by atoms with Crippen LogP contribution >= 0.6 is 11.6 Å². The third kappa shape index (κ3) is 5.39. The Labute approximate surface area is 206 Å². The summed E-state index contributed by atoms with van der Waals surface area (Å²) < 4.78 is 0. The number of nitrogens with zero attached hydrogens (tertiary/aromatic N) is 2. The first kappa shape index (κ1) is 24.6. The lowest BCUT2D eigenvalue weighted by Crippen LogP contribution is -2.48. The number of aliphatic hydroxyl groups is 1. The van der Waals surface area contributed by atoms with E-state index in [4.69, 9.17) is 16.7 Å². The number of amides is 1. The van der Waals surface area contributed by atoms with Crippen LogP contribution in [0.3, 0.4) is 0 Å². The fourth-order valence-electron chi connectivity index (χ4n) is 5.34. The molecule has 0 unspecified atom stereocenters. The average Bonchev–Trinajstić information content (AvgIpc) is 2.85. The van der Waals surface area contributed by atoms with Gasteiger partial charge >= 0.3 is 5.97 Å². The number of carboxylic acid groups (broad SMARTS) is 1. The number of aromatic carboxylic acids is 1. The van der Waals surface area contributed by atoms with Crippen LogP contribution in [0.15, 0.2) is 48.5 Å². The van der Waals surface area contributed by atoms with Gasteiger partial charge < -0.3 is 20.0 Å². The maximum Gasteiger partial charge on any atom is 0.337 e. The molecule has 2 aliphatic heterocycles. The number of anilines is 1. The summed E-state index contributed by atoms with van der Waals surface area (Å²) in [5.74, 6) is 0.0426. The Bertz CT molecular complexity index is 1010. The molecule has 2 aliphatic rings. The number of hydrogen-bond donors (Lipinski definition) is 2. The van der Waals surface area contributed by atoms with Gasteiger partial charge in [-0.3, -0.25) is 4.79 Å². The number of carbonyl (C=O) groups excluding carboxylic acids is 1. The summed E-state index contributed by atoms with van der Waals surface area (Å²) in [7, 11) is 0. The fraction of sp³-hybridized carbons (Fsp3) is 0.481. The van der Waals surface area contributed by atoms with Gasteiger partial charge in [0, 0.05) is 31.9 Å². The Balaban J connectivity index is 1.24. The van der Waals surface area contributed by atoms with E-state index >= 15 is 0 Å². The zero-order valence-corrected chi connectivity index (χ0v) is 20.4. The van der Waals surface area contributed by atoms with Crippen LogP contribution in [0.25, 0.3) is 0 Å². The smallest absolute Gasteiger partial charge is 0.337 e. The first-order valence-electron chi connectivity index (χ1n) is 12.1. The van der Waals surface area contributed by atoms with Crippen molar-refractivity contribution in [1.29, 1.82) is 0 Å². The molecule has 182 valence electrons. The number of benzene rings is 2. The predicted molar refractivity (Wildman–Crippen MR) is 133 cm³/mol. The Morgan fingerprint density at radius 3 is 2.12 bits per heavy atom. The van der Waals surface area contributed by atoms with E-state index in [1.807, 2.05) is 29.2 Å². The number of piperidine rings is 2. The van der Waals surface area contributed by atoms with Crippen molar-refractivity contribution >= 4 is 29.2 Å². The van der Waals surface area contributed by atoms with Gasteiger partial charge in [0.1, 0.15) is 0 Å². The molecule has 0 radical (unpaired) electrons.